The number of rotatable bonds is 3. The number of hydrogen-bond donors (Lipinski definition) is 2. The summed E-state index contributed by atoms with van der Waals surface area (Å²) in [6.07, 6.45) is 2.28. The molecule has 2 N–H and O–H groups in total. The fourth-order valence-corrected chi connectivity index (χ4v) is 2.76. The molecule has 0 aliphatic carbocycles. The van der Waals surface area contributed by atoms with E-state index in [9.17, 15) is 5.11 Å². The van der Waals surface area contributed by atoms with Crippen LogP contribution in [0.4, 0.5) is 5.95 Å². The zero-order chi connectivity index (χ0) is 14.2. The van der Waals surface area contributed by atoms with Crippen molar-refractivity contribution in [3.63, 3.8) is 0 Å². The van der Waals surface area contributed by atoms with Crippen LogP contribution in [0.3, 0.4) is 0 Å². The molecule has 0 aromatic carbocycles. The predicted molar refractivity (Wildman–Crippen MR) is 72.6 cm³/mol. The van der Waals surface area contributed by atoms with Crippen molar-refractivity contribution in [2.45, 2.75) is 24.4 Å². The summed E-state index contributed by atoms with van der Waals surface area (Å²) in [5, 5.41) is 12.9. The molecule has 0 spiro atoms. The van der Waals surface area contributed by atoms with Gasteiger partial charge in [0.05, 0.1) is 25.5 Å². The van der Waals surface area contributed by atoms with Gasteiger partial charge in [0.15, 0.2) is 5.76 Å². The highest BCUT2D eigenvalue weighted by Gasteiger charge is 2.47. The van der Waals surface area contributed by atoms with E-state index in [-0.39, 0.29) is 18.2 Å². The van der Waals surface area contributed by atoms with Crippen LogP contribution in [-0.4, -0.2) is 52.6 Å². The quantitative estimate of drug-likeness (QED) is 0.858. The largest absolute Gasteiger partial charge is 0.463 e. The maximum absolute atomic E-state index is 9.73. The normalized spacial score (nSPS) is 31.3. The van der Waals surface area contributed by atoms with Gasteiger partial charge >= 0.3 is 0 Å². The molecular formula is C14H15N3O4. The first-order valence-corrected chi connectivity index (χ1v) is 6.86. The maximum atomic E-state index is 9.73. The summed E-state index contributed by atoms with van der Waals surface area (Å²) in [4.78, 5) is 8.63. The van der Waals surface area contributed by atoms with Crippen LogP contribution in [0.5, 0.6) is 0 Å². The Labute approximate surface area is 120 Å². The van der Waals surface area contributed by atoms with Gasteiger partial charge in [-0.2, -0.15) is 0 Å². The van der Waals surface area contributed by atoms with E-state index in [1.807, 2.05) is 12.1 Å². The Morgan fingerprint density at radius 1 is 1.19 bits per heavy atom. The first-order chi connectivity index (χ1) is 10.3. The SMILES string of the molecule is O[C@@H]1CO[C@H]2[C@H]1OC[C@H]2Nc1nccc(-c2ccco2)n1. The first kappa shape index (κ1) is 12.8. The Kier molecular flexibility index (Phi) is 3.10. The molecule has 4 atom stereocenters. The molecule has 0 saturated carbocycles. The minimum atomic E-state index is -0.558. The fraction of sp³-hybridized carbons (Fsp3) is 0.429. The molecule has 7 heteroatoms. The summed E-state index contributed by atoms with van der Waals surface area (Å²) >= 11 is 0. The molecule has 2 aliphatic rings. The van der Waals surface area contributed by atoms with Crippen molar-refractivity contribution in [3.05, 3.63) is 30.7 Å². The molecule has 2 aliphatic heterocycles. The topological polar surface area (TPSA) is 89.6 Å². The molecule has 0 radical (unpaired) electrons. The van der Waals surface area contributed by atoms with Crippen LogP contribution in [0, 0.1) is 0 Å². The van der Waals surface area contributed by atoms with E-state index in [1.165, 1.54) is 0 Å². The molecule has 0 amide bonds. The Morgan fingerprint density at radius 2 is 2.10 bits per heavy atom. The van der Waals surface area contributed by atoms with Gasteiger partial charge in [-0.15, -0.1) is 0 Å². The molecular weight excluding hydrogens is 274 g/mol. The summed E-state index contributed by atoms with van der Waals surface area (Å²) in [6.45, 7) is 0.765. The number of anilines is 1. The number of ether oxygens (including phenoxy) is 2. The zero-order valence-corrected chi connectivity index (χ0v) is 11.2. The number of aliphatic hydroxyl groups excluding tert-OH is 1. The summed E-state index contributed by atoms with van der Waals surface area (Å²) < 4.78 is 16.5. The van der Waals surface area contributed by atoms with E-state index >= 15 is 0 Å². The summed E-state index contributed by atoms with van der Waals surface area (Å²) in [7, 11) is 0. The molecule has 4 heterocycles. The number of fused-ring (bicyclic) bond motifs is 1. The Hall–Kier alpha value is -1.96. The van der Waals surface area contributed by atoms with Crippen LogP contribution in [0.2, 0.25) is 0 Å². The van der Waals surface area contributed by atoms with Crippen molar-refractivity contribution in [2.75, 3.05) is 18.5 Å². The highest BCUT2D eigenvalue weighted by molar-refractivity contribution is 5.53. The predicted octanol–water partition coefficient (Wildman–Crippen LogP) is 0.676. The third-order valence-electron chi connectivity index (χ3n) is 3.77. The van der Waals surface area contributed by atoms with Crippen molar-refractivity contribution < 1.29 is 19.0 Å². The summed E-state index contributed by atoms with van der Waals surface area (Å²) in [5.74, 6) is 1.18. The number of hydrogen-bond acceptors (Lipinski definition) is 7. The van der Waals surface area contributed by atoms with Crippen molar-refractivity contribution >= 4 is 5.95 Å². The van der Waals surface area contributed by atoms with Crippen LogP contribution >= 0.6 is 0 Å². The smallest absolute Gasteiger partial charge is 0.223 e. The number of furan rings is 1. The van der Waals surface area contributed by atoms with E-state index in [0.29, 0.717) is 30.6 Å². The van der Waals surface area contributed by atoms with E-state index < -0.39 is 6.10 Å². The summed E-state index contributed by atoms with van der Waals surface area (Å²) in [5.41, 5.74) is 0.709. The van der Waals surface area contributed by atoms with Crippen LogP contribution in [0.25, 0.3) is 11.5 Å². The van der Waals surface area contributed by atoms with Crippen LogP contribution in [0.1, 0.15) is 0 Å². The molecule has 110 valence electrons. The van der Waals surface area contributed by atoms with Crippen molar-refractivity contribution in [3.8, 4) is 11.5 Å². The highest BCUT2D eigenvalue weighted by Crippen LogP contribution is 2.28. The average molecular weight is 289 g/mol. The molecule has 7 nitrogen and oxygen atoms in total. The third kappa shape index (κ3) is 2.29. The van der Waals surface area contributed by atoms with Gasteiger partial charge in [0.2, 0.25) is 5.95 Å². The number of aromatic nitrogens is 2. The standard InChI is InChI=1S/C14H15N3O4/c18-10-7-21-12-9(6-20-13(10)12)17-14-15-4-3-8(16-14)11-2-1-5-19-11/h1-5,9-10,12-13,18H,6-7H2,(H,15,16,17)/t9-,10-,12-,13+/m1/s1. The second kappa shape index (κ2) is 5.10. The molecule has 4 rings (SSSR count). The molecule has 2 saturated heterocycles. The van der Waals surface area contributed by atoms with E-state index in [1.54, 1.807) is 18.5 Å². The average Bonchev–Trinajstić information content (AvgIpc) is 3.21. The second-order valence-corrected chi connectivity index (χ2v) is 5.16. The van der Waals surface area contributed by atoms with Gasteiger partial charge in [-0.1, -0.05) is 0 Å². The fourth-order valence-electron chi connectivity index (χ4n) is 2.76. The minimum absolute atomic E-state index is 0.0704. The Balaban J connectivity index is 1.52. The van der Waals surface area contributed by atoms with Gasteiger partial charge in [0.25, 0.3) is 0 Å². The monoisotopic (exact) mass is 289 g/mol. The van der Waals surface area contributed by atoms with E-state index in [2.05, 4.69) is 15.3 Å². The minimum Gasteiger partial charge on any atom is -0.463 e. The van der Waals surface area contributed by atoms with Crippen LogP contribution in [0.15, 0.2) is 35.1 Å². The molecule has 2 aromatic rings. The lowest BCUT2D eigenvalue weighted by Crippen LogP contribution is -2.36. The zero-order valence-electron chi connectivity index (χ0n) is 11.2. The lowest BCUT2D eigenvalue weighted by molar-refractivity contribution is 0.0184. The van der Waals surface area contributed by atoms with Gasteiger partial charge in [0, 0.05) is 6.20 Å². The van der Waals surface area contributed by atoms with Gasteiger partial charge in [0.1, 0.15) is 24.0 Å². The van der Waals surface area contributed by atoms with E-state index in [0.717, 1.165) is 0 Å². The van der Waals surface area contributed by atoms with Crippen LogP contribution in [-0.2, 0) is 9.47 Å². The van der Waals surface area contributed by atoms with Gasteiger partial charge < -0.3 is 24.3 Å². The van der Waals surface area contributed by atoms with Crippen LogP contribution < -0.4 is 5.32 Å². The van der Waals surface area contributed by atoms with E-state index in [4.69, 9.17) is 13.9 Å². The third-order valence-corrected chi connectivity index (χ3v) is 3.77. The second-order valence-electron chi connectivity index (χ2n) is 5.16. The van der Waals surface area contributed by atoms with Gasteiger partial charge in [-0.25, -0.2) is 9.97 Å². The molecule has 2 fully saturated rings. The van der Waals surface area contributed by atoms with Crippen molar-refractivity contribution in [2.24, 2.45) is 0 Å². The number of nitrogens with one attached hydrogen (secondary N) is 1. The Bertz CT molecular complexity index is 618. The highest BCUT2D eigenvalue weighted by atomic mass is 16.6. The number of aliphatic hydroxyl groups is 1. The Morgan fingerprint density at radius 3 is 2.95 bits per heavy atom. The van der Waals surface area contributed by atoms with Crippen molar-refractivity contribution in [1.82, 2.24) is 9.97 Å². The first-order valence-electron chi connectivity index (χ1n) is 6.86. The van der Waals surface area contributed by atoms with Gasteiger partial charge in [-0.05, 0) is 18.2 Å². The lowest BCUT2D eigenvalue weighted by Gasteiger charge is -2.17. The maximum Gasteiger partial charge on any atom is 0.223 e. The molecule has 0 unspecified atom stereocenters. The lowest BCUT2D eigenvalue weighted by atomic mass is 10.1. The molecule has 21 heavy (non-hydrogen) atoms. The number of nitrogens with zero attached hydrogens (tertiary/aromatic N) is 2. The molecule has 0 bridgehead atoms. The van der Waals surface area contributed by atoms with Crippen molar-refractivity contribution in [1.29, 1.82) is 0 Å². The molecule has 2 aromatic heterocycles. The van der Waals surface area contributed by atoms with Gasteiger partial charge in [-0.3, -0.25) is 0 Å². The summed E-state index contributed by atoms with van der Waals surface area (Å²) in [6, 6.07) is 5.37.